The van der Waals surface area contributed by atoms with E-state index in [0.29, 0.717) is 50.3 Å². The zero-order valence-electron chi connectivity index (χ0n) is 22.1. The molecular formula is C27H30F2N6O4S. The summed E-state index contributed by atoms with van der Waals surface area (Å²) in [5.41, 5.74) is 2.84. The Hall–Kier alpha value is -3.68. The predicted octanol–water partition coefficient (Wildman–Crippen LogP) is 3.45. The molecule has 212 valence electrons. The van der Waals surface area contributed by atoms with Crippen molar-refractivity contribution in [2.24, 2.45) is 5.92 Å². The van der Waals surface area contributed by atoms with Crippen molar-refractivity contribution in [3.63, 3.8) is 0 Å². The molecule has 0 spiro atoms. The molecule has 2 aliphatic rings. The lowest BCUT2D eigenvalue weighted by atomic mass is 9.99. The Labute approximate surface area is 232 Å². The van der Waals surface area contributed by atoms with Gasteiger partial charge in [-0.15, -0.1) is 0 Å². The fourth-order valence-electron chi connectivity index (χ4n) is 4.77. The SMILES string of the molecule is CN(C)c1ccc(C(=O)Nc2n[nH]c3c2CN(S(=O)c2cc(F)cc(F)c2)CC3)c(NC(=O)C2CCOCC2)c1. The van der Waals surface area contributed by atoms with Crippen LogP contribution in [0.15, 0.2) is 41.3 Å². The van der Waals surface area contributed by atoms with Gasteiger partial charge in [0, 0.05) is 75.7 Å². The lowest BCUT2D eigenvalue weighted by Gasteiger charge is -2.25. The van der Waals surface area contributed by atoms with Crippen LogP contribution in [0.4, 0.5) is 26.0 Å². The number of nitrogens with zero attached hydrogens (tertiary/aromatic N) is 3. The van der Waals surface area contributed by atoms with Gasteiger partial charge in [-0.1, -0.05) is 0 Å². The standard InChI is InChI=1S/C27H30F2N6O4S/c1-34(2)19-3-4-21(24(14-19)30-26(36)16-6-9-39-10-7-16)27(37)31-25-22-15-35(8-5-23(22)32-33-25)40(38)20-12-17(28)11-18(29)13-20/h3-4,11-14,16H,5-10,15H2,1-2H3,(H,30,36)(H2,31,32,33,37). The van der Waals surface area contributed by atoms with E-state index in [1.54, 1.807) is 22.5 Å². The first-order valence-corrected chi connectivity index (χ1v) is 14.0. The molecule has 2 aliphatic heterocycles. The zero-order valence-corrected chi connectivity index (χ0v) is 22.9. The van der Waals surface area contributed by atoms with Crippen LogP contribution in [0.2, 0.25) is 0 Å². The van der Waals surface area contributed by atoms with Crippen LogP contribution in [-0.4, -0.2) is 64.4 Å². The Morgan fingerprint density at radius 1 is 1.10 bits per heavy atom. The van der Waals surface area contributed by atoms with Crippen LogP contribution in [0.1, 0.15) is 34.5 Å². The van der Waals surface area contributed by atoms with Gasteiger partial charge >= 0.3 is 0 Å². The van der Waals surface area contributed by atoms with E-state index in [1.807, 2.05) is 19.0 Å². The molecule has 13 heteroatoms. The van der Waals surface area contributed by atoms with Gasteiger partial charge < -0.3 is 20.3 Å². The smallest absolute Gasteiger partial charge is 0.258 e. The zero-order chi connectivity index (χ0) is 28.4. The number of ether oxygens (including phenoxy) is 1. The molecule has 1 fully saturated rings. The quantitative estimate of drug-likeness (QED) is 0.399. The number of benzene rings is 2. The average molecular weight is 573 g/mol. The first-order valence-electron chi connectivity index (χ1n) is 12.9. The molecule has 10 nitrogen and oxygen atoms in total. The second kappa shape index (κ2) is 11.8. The first kappa shape index (κ1) is 27.9. The van der Waals surface area contributed by atoms with Gasteiger partial charge in [-0.3, -0.25) is 14.7 Å². The van der Waals surface area contributed by atoms with Crippen molar-refractivity contribution in [3.8, 4) is 0 Å². The fraction of sp³-hybridized carbons (Fsp3) is 0.370. The lowest BCUT2D eigenvalue weighted by Crippen LogP contribution is -2.32. The van der Waals surface area contributed by atoms with Crippen molar-refractivity contribution in [1.82, 2.24) is 14.5 Å². The second-order valence-electron chi connectivity index (χ2n) is 9.95. The molecule has 0 radical (unpaired) electrons. The highest BCUT2D eigenvalue weighted by atomic mass is 32.2. The van der Waals surface area contributed by atoms with E-state index in [1.165, 1.54) is 0 Å². The maximum atomic E-state index is 13.7. The van der Waals surface area contributed by atoms with Crippen LogP contribution >= 0.6 is 0 Å². The van der Waals surface area contributed by atoms with E-state index in [0.717, 1.165) is 29.6 Å². The van der Waals surface area contributed by atoms with Crippen LogP contribution in [-0.2, 0) is 33.5 Å². The van der Waals surface area contributed by atoms with Crippen molar-refractivity contribution < 1.29 is 27.3 Å². The number of carbonyl (C=O) groups excluding carboxylic acids is 2. The third-order valence-corrected chi connectivity index (χ3v) is 8.44. The molecule has 0 bridgehead atoms. The molecular weight excluding hydrogens is 542 g/mol. The highest BCUT2D eigenvalue weighted by molar-refractivity contribution is 7.82. The highest BCUT2D eigenvalue weighted by Crippen LogP contribution is 2.29. The minimum absolute atomic E-state index is 0.0147. The van der Waals surface area contributed by atoms with E-state index in [9.17, 15) is 22.6 Å². The molecule has 40 heavy (non-hydrogen) atoms. The third kappa shape index (κ3) is 6.06. The molecule has 3 heterocycles. The summed E-state index contributed by atoms with van der Waals surface area (Å²) in [6, 6.07) is 7.98. The van der Waals surface area contributed by atoms with Crippen LogP contribution in [0.5, 0.6) is 0 Å². The largest absolute Gasteiger partial charge is 0.381 e. The molecule has 0 aliphatic carbocycles. The van der Waals surface area contributed by atoms with Crippen molar-refractivity contribution in [2.45, 2.75) is 30.7 Å². The molecule has 3 N–H and O–H groups in total. The number of nitrogens with one attached hydrogen (secondary N) is 3. The number of carbonyl (C=O) groups is 2. The summed E-state index contributed by atoms with van der Waals surface area (Å²) in [7, 11) is 1.91. The van der Waals surface area contributed by atoms with Gasteiger partial charge in [-0.05, 0) is 43.2 Å². The molecule has 0 saturated carbocycles. The summed E-state index contributed by atoms with van der Waals surface area (Å²) in [5.74, 6) is -2.21. The van der Waals surface area contributed by atoms with E-state index in [-0.39, 0.29) is 34.6 Å². The van der Waals surface area contributed by atoms with Crippen molar-refractivity contribution >= 4 is 40.0 Å². The van der Waals surface area contributed by atoms with Gasteiger partial charge in [0.2, 0.25) is 5.91 Å². The third-order valence-electron chi connectivity index (χ3n) is 7.02. The number of aromatic nitrogens is 2. The maximum absolute atomic E-state index is 13.7. The van der Waals surface area contributed by atoms with Crippen molar-refractivity contribution in [1.29, 1.82) is 0 Å². The van der Waals surface area contributed by atoms with Gasteiger partial charge in [0.25, 0.3) is 5.91 Å². The van der Waals surface area contributed by atoms with Gasteiger partial charge in [0.05, 0.1) is 16.1 Å². The fourth-order valence-corrected chi connectivity index (χ4v) is 6.00. The molecule has 2 aromatic carbocycles. The molecule has 1 saturated heterocycles. The molecule has 5 rings (SSSR count). The van der Waals surface area contributed by atoms with Crippen LogP contribution in [0.25, 0.3) is 0 Å². The summed E-state index contributed by atoms with van der Waals surface area (Å²) in [6.07, 6.45) is 1.67. The number of H-pyrrole nitrogens is 1. The van der Waals surface area contributed by atoms with Crippen molar-refractivity contribution in [3.05, 3.63) is 64.9 Å². The van der Waals surface area contributed by atoms with E-state index >= 15 is 0 Å². The Bertz CT molecular complexity index is 1440. The minimum atomic E-state index is -1.82. The van der Waals surface area contributed by atoms with Crippen LogP contribution < -0.4 is 15.5 Å². The number of halogens is 2. The monoisotopic (exact) mass is 572 g/mol. The highest BCUT2D eigenvalue weighted by Gasteiger charge is 2.28. The van der Waals surface area contributed by atoms with Crippen LogP contribution in [0.3, 0.4) is 0 Å². The molecule has 1 aromatic heterocycles. The summed E-state index contributed by atoms with van der Waals surface area (Å²) >= 11 is 0. The number of aromatic amines is 1. The number of amides is 2. The molecule has 1 unspecified atom stereocenters. The summed E-state index contributed by atoms with van der Waals surface area (Å²) in [6.45, 7) is 1.54. The summed E-state index contributed by atoms with van der Waals surface area (Å²) in [4.78, 5) is 28.3. The Morgan fingerprint density at radius 3 is 2.52 bits per heavy atom. The average Bonchev–Trinajstić information content (AvgIpc) is 3.34. The van der Waals surface area contributed by atoms with E-state index in [2.05, 4.69) is 20.8 Å². The van der Waals surface area contributed by atoms with E-state index < -0.39 is 28.5 Å². The second-order valence-corrected chi connectivity index (χ2v) is 11.4. The minimum Gasteiger partial charge on any atom is -0.381 e. The van der Waals surface area contributed by atoms with Gasteiger partial charge in [0.1, 0.15) is 22.6 Å². The van der Waals surface area contributed by atoms with Gasteiger partial charge in [-0.25, -0.2) is 17.3 Å². The number of hydrogen-bond donors (Lipinski definition) is 3. The maximum Gasteiger partial charge on any atom is 0.258 e. The lowest BCUT2D eigenvalue weighted by molar-refractivity contribution is -0.122. The van der Waals surface area contributed by atoms with Gasteiger partial charge in [-0.2, -0.15) is 5.10 Å². The molecule has 3 aromatic rings. The Kier molecular flexibility index (Phi) is 8.24. The number of rotatable bonds is 7. The summed E-state index contributed by atoms with van der Waals surface area (Å²) in [5, 5.41) is 12.9. The molecule has 2 amide bonds. The van der Waals surface area contributed by atoms with E-state index in [4.69, 9.17) is 4.74 Å². The number of anilines is 3. The van der Waals surface area contributed by atoms with Gasteiger partial charge in [0.15, 0.2) is 5.82 Å². The Morgan fingerprint density at radius 2 is 1.82 bits per heavy atom. The number of fused-ring (bicyclic) bond motifs is 1. The predicted molar refractivity (Wildman–Crippen MR) is 146 cm³/mol. The van der Waals surface area contributed by atoms with Crippen molar-refractivity contribution in [2.75, 3.05) is 49.4 Å². The number of hydrogen-bond acceptors (Lipinski definition) is 6. The summed E-state index contributed by atoms with van der Waals surface area (Å²) < 4.78 is 47.4. The first-order chi connectivity index (χ1) is 19.2. The Balaban J connectivity index is 1.36. The topological polar surface area (TPSA) is 120 Å². The van der Waals surface area contributed by atoms with Crippen LogP contribution in [0, 0.1) is 17.6 Å². The normalized spacial score (nSPS) is 16.7. The molecule has 1 atom stereocenters.